The molecule has 0 aliphatic rings. The second-order valence-corrected chi connectivity index (χ2v) is 4.97. The van der Waals surface area contributed by atoms with Gasteiger partial charge in [0.1, 0.15) is 0 Å². The minimum absolute atomic E-state index is 0.261. The van der Waals surface area contributed by atoms with E-state index in [1.165, 1.54) is 0 Å². The van der Waals surface area contributed by atoms with Crippen molar-refractivity contribution in [1.29, 1.82) is 0 Å². The molecule has 0 bridgehead atoms. The summed E-state index contributed by atoms with van der Waals surface area (Å²) in [5.41, 5.74) is 7.98. The molecule has 3 nitrogen and oxygen atoms in total. The second-order valence-electron chi connectivity index (χ2n) is 4.16. The summed E-state index contributed by atoms with van der Waals surface area (Å²) in [5, 5.41) is 3.73. The van der Waals surface area contributed by atoms with Crippen LogP contribution in [0.1, 0.15) is 15.9 Å². The molecular weight excluding hydrogens is 283 g/mol. The van der Waals surface area contributed by atoms with E-state index in [1.54, 1.807) is 36.4 Å². The quantitative estimate of drug-likeness (QED) is 0.818. The Morgan fingerprint density at radius 3 is 2.42 bits per heavy atom. The maximum absolute atomic E-state index is 12.0. The van der Waals surface area contributed by atoms with E-state index in [-0.39, 0.29) is 5.91 Å². The third kappa shape index (κ3) is 3.19. The first-order valence-corrected chi connectivity index (χ1v) is 6.35. The summed E-state index contributed by atoms with van der Waals surface area (Å²) in [7, 11) is 0. The van der Waals surface area contributed by atoms with Crippen molar-refractivity contribution < 1.29 is 4.79 Å². The van der Waals surface area contributed by atoms with Gasteiger partial charge in [-0.1, -0.05) is 23.2 Å². The van der Waals surface area contributed by atoms with Gasteiger partial charge < -0.3 is 11.1 Å². The van der Waals surface area contributed by atoms with E-state index in [0.717, 1.165) is 5.56 Å². The number of halogens is 2. The topological polar surface area (TPSA) is 55.1 Å². The third-order valence-electron chi connectivity index (χ3n) is 2.64. The van der Waals surface area contributed by atoms with Crippen LogP contribution in [0.4, 0.5) is 11.4 Å². The lowest BCUT2D eigenvalue weighted by atomic mass is 10.1. The highest BCUT2D eigenvalue weighted by Crippen LogP contribution is 2.29. The van der Waals surface area contributed by atoms with E-state index in [0.29, 0.717) is 27.0 Å². The highest BCUT2D eigenvalue weighted by molar-refractivity contribution is 6.36. The molecule has 19 heavy (non-hydrogen) atoms. The normalized spacial score (nSPS) is 10.3. The first kappa shape index (κ1) is 13.7. The molecule has 0 heterocycles. The zero-order valence-electron chi connectivity index (χ0n) is 10.2. The van der Waals surface area contributed by atoms with E-state index in [1.807, 2.05) is 6.92 Å². The van der Waals surface area contributed by atoms with Gasteiger partial charge in [-0.3, -0.25) is 4.79 Å². The molecule has 1 amide bonds. The summed E-state index contributed by atoms with van der Waals surface area (Å²) in [6, 6.07) is 9.99. The Hall–Kier alpha value is -1.71. The number of carbonyl (C=O) groups excluding carboxylic acids is 1. The average Bonchev–Trinajstić information content (AvgIpc) is 2.36. The van der Waals surface area contributed by atoms with Crippen LogP contribution in [0.3, 0.4) is 0 Å². The van der Waals surface area contributed by atoms with Crippen molar-refractivity contribution in [3.8, 4) is 0 Å². The van der Waals surface area contributed by atoms with Gasteiger partial charge in [0.05, 0.1) is 10.7 Å². The molecule has 0 aliphatic carbocycles. The zero-order valence-corrected chi connectivity index (χ0v) is 11.7. The van der Waals surface area contributed by atoms with Crippen LogP contribution in [0, 0.1) is 6.92 Å². The molecule has 2 rings (SSSR count). The summed E-state index contributed by atoms with van der Waals surface area (Å²) in [6.07, 6.45) is 0. The number of carbonyl (C=O) groups is 1. The predicted octanol–water partition coefficient (Wildman–Crippen LogP) is 4.14. The number of nitrogens with one attached hydrogen (secondary N) is 1. The van der Waals surface area contributed by atoms with E-state index < -0.39 is 0 Å². The maximum Gasteiger partial charge on any atom is 0.255 e. The molecule has 3 N–H and O–H groups in total. The Balaban J connectivity index is 2.26. The number of nitrogen functional groups attached to an aromatic ring is 1. The molecule has 5 heteroatoms. The molecule has 0 spiro atoms. The van der Waals surface area contributed by atoms with Gasteiger partial charge in [0.25, 0.3) is 5.91 Å². The van der Waals surface area contributed by atoms with Gasteiger partial charge in [0.15, 0.2) is 0 Å². The first-order chi connectivity index (χ1) is 8.97. The highest BCUT2D eigenvalue weighted by Gasteiger charge is 2.10. The molecule has 0 atom stereocenters. The second kappa shape index (κ2) is 5.51. The van der Waals surface area contributed by atoms with Crippen LogP contribution < -0.4 is 11.1 Å². The molecule has 0 aromatic heterocycles. The molecule has 0 aliphatic heterocycles. The number of anilines is 2. The lowest BCUT2D eigenvalue weighted by Crippen LogP contribution is -2.12. The van der Waals surface area contributed by atoms with Gasteiger partial charge in [0.2, 0.25) is 0 Å². The van der Waals surface area contributed by atoms with Gasteiger partial charge in [0, 0.05) is 16.3 Å². The highest BCUT2D eigenvalue weighted by atomic mass is 35.5. The third-order valence-corrected chi connectivity index (χ3v) is 3.36. The lowest BCUT2D eigenvalue weighted by molar-refractivity contribution is 0.102. The van der Waals surface area contributed by atoms with Crippen LogP contribution in [-0.4, -0.2) is 5.91 Å². The molecule has 0 saturated heterocycles. The van der Waals surface area contributed by atoms with Gasteiger partial charge in [-0.05, 0) is 48.9 Å². The minimum Gasteiger partial charge on any atom is -0.399 e. The Kier molecular flexibility index (Phi) is 3.98. The van der Waals surface area contributed by atoms with Gasteiger partial charge >= 0.3 is 0 Å². The fourth-order valence-electron chi connectivity index (χ4n) is 1.65. The Morgan fingerprint density at radius 1 is 1.16 bits per heavy atom. The van der Waals surface area contributed by atoms with Crippen molar-refractivity contribution in [3.05, 3.63) is 57.6 Å². The summed E-state index contributed by atoms with van der Waals surface area (Å²) in [4.78, 5) is 12.0. The monoisotopic (exact) mass is 294 g/mol. The van der Waals surface area contributed by atoms with Crippen molar-refractivity contribution in [3.63, 3.8) is 0 Å². The van der Waals surface area contributed by atoms with Crippen LogP contribution in [0.2, 0.25) is 10.0 Å². The largest absolute Gasteiger partial charge is 0.399 e. The first-order valence-electron chi connectivity index (χ1n) is 5.60. The van der Waals surface area contributed by atoms with E-state index in [2.05, 4.69) is 5.32 Å². The smallest absolute Gasteiger partial charge is 0.255 e. The summed E-state index contributed by atoms with van der Waals surface area (Å²) >= 11 is 12.1. The number of benzene rings is 2. The average molecular weight is 295 g/mol. The number of aryl methyl sites for hydroxylation is 1. The minimum atomic E-state index is -0.261. The van der Waals surface area contributed by atoms with Gasteiger partial charge in [-0.15, -0.1) is 0 Å². The maximum atomic E-state index is 12.0. The summed E-state index contributed by atoms with van der Waals surface area (Å²) in [6.45, 7) is 1.83. The van der Waals surface area contributed by atoms with Gasteiger partial charge in [-0.2, -0.15) is 0 Å². The number of rotatable bonds is 2. The standard InChI is InChI=1S/C14H12Cl2N2O/c1-8-6-10(15)7-12(13(8)16)18-14(19)9-2-4-11(17)5-3-9/h2-7H,17H2,1H3,(H,18,19). The van der Waals surface area contributed by atoms with Crippen molar-refractivity contribution in [1.82, 2.24) is 0 Å². The van der Waals surface area contributed by atoms with Crippen LogP contribution in [0.15, 0.2) is 36.4 Å². The molecule has 2 aromatic carbocycles. The fraction of sp³-hybridized carbons (Fsp3) is 0.0714. The zero-order chi connectivity index (χ0) is 14.0. The van der Waals surface area contributed by atoms with Crippen molar-refractivity contribution in [2.24, 2.45) is 0 Å². The number of hydrogen-bond donors (Lipinski definition) is 2. The molecule has 0 fully saturated rings. The van der Waals surface area contributed by atoms with E-state index >= 15 is 0 Å². The van der Waals surface area contributed by atoms with Crippen LogP contribution >= 0.6 is 23.2 Å². The number of hydrogen-bond acceptors (Lipinski definition) is 2. The van der Waals surface area contributed by atoms with Crippen molar-refractivity contribution in [2.45, 2.75) is 6.92 Å². The van der Waals surface area contributed by atoms with Gasteiger partial charge in [-0.25, -0.2) is 0 Å². The van der Waals surface area contributed by atoms with Crippen LogP contribution in [-0.2, 0) is 0 Å². The predicted molar refractivity (Wildman–Crippen MR) is 80.0 cm³/mol. The number of amides is 1. The van der Waals surface area contributed by atoms with Crippen LogP contribution in [0.5, 0.6) is 0 Å². The summed E-state index contributed by atoms with van der Waals surface area (Å²) in [5.74, 6) is -0.261. The Bertz CT molecular complexity index is 624. The van der Waals surface area contributed by atoms with Crippen LogP contribution in [0.25, 0.3) is 0 Å². The molecule has 0 radical (unpaired) electrons. The Morgan fingerprint density at radius 2 is 1.79 bits per heavy atom. The SMILES string of the molecule is Cc1cc(Cl)cc(NC(=O)c2ccc(N)cc2)c1Cl. The van der Waals surface area contributed by atoms with E-state index in [4.69, 9.17) is 28.9 Å². The summed E-state index contributed by atoms with van der Waals surface area (Å²) < 4.78 is 0. The molecule has 0 saturated carbocycles. The van der Waals surface area contributed by atoms with Crippen molar-refractivity contribution in [2.75, 3.05) is 11.1 Å². The fourth-order valence-corrected chi connectivity index (χ4v) is 2.07. The number of nitrogens with two attached hydrogens (primary N) is 1. The lowest BCUT2D eigenvalue weighted by Gasteiger charge is -2.10. The van der Waals surface area contributed by atoms with Crippen molar-refractivity contribution >= 4 is 40.5 Å². The molecule has 2 aromatic rings. The Labute approximate surface area is 121 Å². The molecule has 98 valence electrons. The molecule has 0 unspecified atom stereocenters. The van der Waals surface area contributed by atoms with E-state index in [9.17, 15) is 4.79 Å². The molecular formula is C14H12Cl2N2O.